The van der Waals surface area contributed by atoms with E-state index in [4.69, 9.17) is 4.74 Å². The standard InChI is InChI=1S/C14H12O2/c1-3-14(15)16-13-7-6-11-8-10(2)4-5-12(11)9-13/h3-9H,1H2,2H3. The molecule has 2 heteroatoms. The third-order valence-electron chi connectivity index (χ3n) is 2.35. The third-order valence-corrected chi connectivity index (χ3v) is 2.35. The highest BCUT2D eigenvalue weighted by Crippen LogP contribution is 2.21. The van der Waals surface area contributed by atoms with Crippen LogP contribution in [0.3, 0.4) is 0 Å². The van der Waals surface area contributed by atoms with Gasteiger partial charge in [-0.1, -0.05) is 36.4 Å². The summed E-state index contributed by atoms with van der Waals surface area (Å²) in [5.41, 5.74) is 1.21. The zero-order chi connectivity index (χ0) is 11.5. The van der Waals surface area contributed by atoms with Crippen LogP contribution < -0.4 is 4.74 Å². The Morgan fingerprint density at radius 3 is 2.62 bits per heavy atom. The van der Waals surface area contributed by atoms with Crippen molar-refractivity contribution in [2.75, 3.05) is 0 Å². The maximum absolute atomic E-state index is 11.0. The van der Waals surface area contributed by atoms with Gasteiger partial charge in [0.05, 0.1) is 0 Å². The van der Waals surface area contributed by atoms with Crippen LogP contribution in [0.2, 0.25) is 0 Å². The molecule has 0 aliphatic heterocycles. The van der Waals surface area contributed by atoms with Crippen molar-refractivity contribution in [3.8, 4) is 5.75 Å². The van der Waals surface area contributed by atoms with Crippen LogP contribution >= 0.6 is 0 Å². The molecule has 0 amide bonds. The van der Waals surface area contributed by atoms with Crippen molar-refractivity contribution in [3.63, 3.8) is 0 Å². The van der Waals surface area contributed by atoms with E-state index < -0.39 is 5.97 Å². The van der Waals surface area contributed by atoms with E-state index in [1.54, 1.807) is 6.07 Å². The number of esters is 1. The maximum atomic E-state index is 11.0. The Kier molecular flexibility index (Phi) is 2.73. The van der Waals surface area contributed by atoms with E-state index in [1.165, 1.54) is 5.56 Å². The van der Waals surface area contributed by atoms with Gasteiger partial charge in [0.15, 0.2) is 0 Å². The largest absolute Gasteiger partial charge is 0.423 e. The first-order valence-corrected chi connectivity index (χ1v) is 5.04. The second kappa shape index (κ2) is 4.19. The molecule has 0 unspecified atom stereocenters. The highest BCUT2D eigenvalue weighted by atomic mass is 16.5. The summed E-state index contributed by atoms with van der Waals surface area (Å²) >= 11 is 0. The van der Waals surface area contributed by atoms with E-state index in [1.807, 2.05) is 31.2 Å². The van der Waals surface area contributed by atoms with Crippen LogP contribution in [0, 0.1) is 6.92 Å². The normalized spacial score (nSPS) is 10.1. The Labute approximate surface area is 94.2 Å². The van der Waals surface area contributed by atoms with Crippen LogP contribution in [0.25, 0.3) is 10.8 Å². The van der Waals surface area contributed by atoms with Gasteiger partial charge in [-0.15, -0.1) is 0 Å². The molecule has 0 saturated heterocycles. The molecule has 0 aliphatic rings. The van der Waals surface area contributed by atoms with Crippen molar-refractivity contribution in [2.45, 2.75) is 6.92 Å². The Morgan fingerprint density at radius 2 is 1.88 bits per heavy atom. The molecule has 0 aliphatic carbocycles. The second-order valence-electron chi connectivity index (χ2n) is 3.64. The number of carbonyl (C=O) groups excluding carboxylic acids is 1. The van der Waals surface area contributed by atoms with Gasteiger partial charge in [0.1, 0.15) is 5.75 Å². The molecule has 0 bridgehead atoms. The van der Waals surface area contributed by atoms with Crippen molar-refractivity contribution in [2.24, 2.45) is 0 Å². The fourth-order valence-corrected chi connectivity index (χ4v) is 1.56. The molecule has 0 aromatic heterocycles. The minimum absolute atomic E-state index is 0.438. The minimum atomic E-state index is -0.438. The number of fused-ring (bicyclic) bond motifs is 1. The summed E-state index contributed by atoms with van der Waals surface area (Å²) in [7, 11) is 0. The van der Waals surface area contributed by atoms with Crippen molar-refractivity contribution in [1.82, 2.24) is 0 Å². The van der Waals surface area contributed by atoms with E-state index in [2.05, 4.69) is 12.6 Å². The number of rotatable bonds is 2. The molecule has 2 aromatic carbocycles. The molecule has 80 valence electrons. The van der Waals surface area contributed by atoms with Crippen molar-refractivity contribution in [1.29, 1.82) is 0 Å². The number of hydrogen-bond acceptors (Lipinski definition) is 2. The van der Waals surface area contributed by atoms with Gasteiger partial charge in [-0.2, -0.15) is 0 Å². The molecule has 0 heterocycles. The molecule has 2 aromatic rings. The first-order chi connectivity index (χ1) is 7.69. The minimum Gasteiger partial charge on any atom is -0.423 e. The smallest absolute Gasteiger partial charge is 0.335 e. The summed E-state index contributed by atoms with van der Waals surface area (Å²) < 4.78 is 5.04. The molecule has 16 heavy (non-hydrogen) atoms. The van der Waals surface area contributed by atoms with E-state index >= 15 is 0 Å². The van der Waals surface area contributed by atoms with Crippen LogP contribution in [-0.2, 0) is 4.79 Å². The van der Waals surface area contributed by atoms with Crippen molar-refractivity contribution in [3.05, 3.63) is 54.6 Å². The first kappa shape index (κ1) is 10.4. The van der Waals surface area contributed by atoms with Gasteiger partial charge < -0.3 is 4.74 Å². The van der Waals surface area contributed by atoms with Gasteiger partial charge >= 0.3 is 5.97 Å². The molecule has 0 radical (unpaired) electrons. The lowest BCUT2D eigenvalue weighted by atomic mass is 10.1. The Morgan fingerprint density at radius 1 is 1.19 bits per heavy atom. The highest BCUT2D eigenvalue weighted by molar-refractivity contribution is 5.87. The second-order valence-corrected chi connectivity index (χ2v) is 3.64. The number of benzene rings is 2. The summed E-state index contributed by atoms with van der Waals surface area (Å²) in [4.78, 5) is 11.0. The summed E-state index contributed by atoms with van der Waals surface area (Å²) in [6.07, 6.45) is 1.15. The topological polar surface area (TPSA) is 26.3 Å². The van der Waals surface area contributed by atoms with Crippen LogP contribution in [0.15, 0.2) is 49.1 Å². The number of ether oxygens (including phenoxy) is 1. The summed E-state index contributed by atoms with van der Waals surface area (Å²) in [5, 5.41) is 2.19. The Bertz CT molecular complexity index is 556. The Hall–Kier alpha value is -2.09. The van der Waals surface area contributed by atoms with E-state index in [0.717, 1.165) is 16.8 Å². The van der Waals surface area contributed by atoms with Crippen LogP contribution in [0.5, 0.6) is 5.75 Å². The fraction of sp³-hybridized carbons (Fsp3) is 0.0714. The van der Waals surface area contributed by atoms with Gasteiger partial charge in [0, 0.05) is 6.08 Å². The fourth-order valence-electron chi connectivity index (χ4n) is 1.56. The van der Waals surface area contributed by atoms with E-state index in [0.29, 0.717) is 5.75 Å². The van der Waals surface area contributed by atoms with E-state index in [-0.39, 0.29) is 0 Å². The number of carbonyl (C=O) groups is 1. The average Bonchev–Trinajstić information content (AvgIpc) is 2.29. The molecule has 2 nitrogen and oxygen atoms in total. The van der Waals surface area contributed by atoms with Crippen LogP contribution in [-0.4, -0.2) is 5.97 Å². The van der Waals surface area contributed by atoms with Gasteiger partial charge in [0.25, 0.3) is 0 Å². The zero-order valence-corrected chi connectivity index (χ0v) is 9.07. The molecule has 0 N–H and O–H groups in total. The number of aryl methyl sites for hydroxylation is 1. The van der Waals surface area contributed by atoms with Crippen molar-refractivity contribution < 1.29 is 9.53 Å². The predicted molar refractivity (Wildman–Crippen MR) is 64.5 cm³/mol. The molecule has 2 rings (SSSR count). The lowest BCUT2D eigenvalue weighted by molar-refractivity contribution is -0.128. The quantitative estimate of drug-likeness (QED) is 0.434. The third kappa shape index (κ3) is 2.11. The van der Waals surface area contributed by atoms with Gasteiger partial charge in [-0.05, 0) is 29.8 Å². The van der Waals surface area contributed by atoms with Crippen LogP contribution in [0.4, 0.5) is 0 Å². The summed E-state index contributed by atoms with van der Waals surface area (Å²) in [5.74, 6) is 0.104. The lowest BCUT2D eigenvalue weighted by Gasteiger charge is -2.04. The van der Waals surface area contributed by atoms with Crippen LogP contribution in [0.1, 0.15) is 5.56 Å². The van der Waals surface area contributed by atoms with Crippen molar-refractivity contribution >= 4 is 16.7 Å². The lowest BCUT2D eigenvalue weighted by Crippen LogP contribution is -2.02. The SMILES string of the molecule is C=CC(=O)Oc1ccc2cc(C)ccc2c1. The summed E-state index contributed by atoms with van der Waals surface area (Å²) in [6, 6.07) is 11.7. The molecule has 0 fully saturated rings. The first-order valence-electron chi connectivity index (χ1n) is 5.04. The molecule has 0 atom stereocenters. The molecular weight excluding hydrogens is 200 g/mol. The van der Waals surface area contributed by atoms with E-state index in [9.17, 15) is 4.79 Å². The van der Waals surface area contributed by atoms with Gasteiger partial charge in [-0.3, -0.25) is 0 Å². The molecule has 0 saturated carbocycles. The van der Waals surface area contributed by atoms with Gasteiger partial charge in [0.2, 0.25) is 0 Å². The number of hydrogen-bond donors (Lipinski definition) is 0. The molecular formula is C14H12O2. The average molecular weight is 212 g/mol. The zero-order valence-electron chi connectivity index (χ0n) is 9.07. The maximum Gasteiger partial charge on any atom is 0.335 e. The van der Waals surface area contributed by atoms with Gasteiger partial charge in [-0.25, -0.2) is 4.79 Å². The molecule has 0 spiro atoms. The Balaban J connectivity index is 2.40. The predicted octanol–water partition coefficient (Wildman–Crippen LogP) is 3.24. The monoisotopic (exact) mass is 212 g/mol. The summed E-state index contributed by atoms with van der Waals surface area (Å²) in [6.45, 7) is 5.40. The highest BCUT2D eigenvalue weighted by Gasteiger charge is 2.01.